The van der Waals surface area contributed by atoms with E-state index in [4.69, 9.17) is 16.3 Å². The maximum Gasteiger partial charge on any atom is 0.280 e. The summed E-state index contributed by atoms with van der Waals surface area (Å²) in [5.74, 6) is 0.433. The molecule has 2 aromatic carbocycles. The molecular formula is C23H22ClN5O2S. The monoisotopic (exact) mass is 467 g/mol. The first kappa shape index (κ1) is 21.9. The lowest BCUT2D eigenvalue weighted by Crippen LogP contribution is -2.23. The molecule has 0 radical (unpaired) electrons. The molecule has 164 valence electrons. The zero-order valence-corrected chi connectivity index (χ0v) is 19.2. The lowest BCUT2D eigenvalue weighted by atomic mass is 10.2. The Morgan fingerprint density at radius 3 is 2.78 bits per heavy atom. The largest absolute Gasteiger partial charge is 0.429 e. The number of hydrogen-bond acceptors (Lipinski definition) is 6. The molecule has 2 N–H and O–H groups in total. The van der Waals surface area contributed by atoms with Crippen LogP contribution in [-0.2, 0) is 11.3 Å². The predicted molar refractivity (Wildman–Crippen MR) is 127 cm³/mol. The van der Waals surface area contributed by atoms with Crippen molar-refractivity contribution in [3.8, 4) is 15.9 Å². The first-order valence-electron chi connectivity index (χ1n) is 10.0. The fourth-order valence-electron chi connectivity index (χ4n) is 3.07. The van der Waals surface area contributed by atoms with E-state index in [1.165, 1.54) is 23.8 Å². The van der Waals surface area contributed by atoms with Crippen LogP contribution in [0, 0.1) is 0 Å². The van der Waals surface area contributed by atoms with E-state index >= 15 is 0 Å². The molecule has 0 spiro atoms. The van der Waals surface area contributed by atoms with Gasteiger partial charge in [0.2, 0.25) is 5.91 Å². The number of thiazole rings is 1. The molecule has 0 fully saturated rings. The average Bonchev–Trinajstić information content (AvgIpc) is 3.44. The van der Waals surface area contributed by atoms with Crippen LogP contribution in [0.3, 0.4) is 0 Å². The summed E-state index contributed by atoms with van der Waals surface area (Å²) in [4.78, 5) is 19.9. The van der Waals surface area contributed by atoms with Crippen LogP contribution >= 0.6 is 22.9 Å². The van der Waals surface area contributed by atoms with E-state index in [-0.39, 0.29) is 11.9 Å². The highest BCUT2D eigenvalue weighted by Crippen LogP contribution is 2.34. The van der Waals surface area contributed by atoms with Crippen molar-refractivity contribution in [2.75, 3.05) is 5.32 Å². The maximum atomic E-state index is 11.2. The number of rotatable bonds is 8. The Bertz CT molecular complexity index is 1210. The number of amides is 1. The van der Waals surface area contributed by atoms with E-state index in [9.17, 15) is 4.79 Å². The minimum atomic E-state index is -0.176. The SMILES string of the molecule is CC(=O)NC(C)c1cn(-c2cnc(Oc3ccc(NCc4ccccc4)cc3Cl)s2)cn1. The van der Waals surface area contributed by atoms with Gasteiger partial charge in [-0.15, -0.1) is 0 Å². The lowest BCUT2D eigenvalue weighted by molar-refractivity contribution is -0.119. The van der Waals surface area contributed by atoms with Gasteiger partial charge < -0.3 is 15.4 Å². The van der Waals surface area contributed by atoms with Gasteiger partial charge in [-0.3, -0.25) is 9.36 Å². The number of imidazole rings is 1. The van der Waals surface area contributed by atoms with Gasteiger partial charge in [0.1, 0.15) is 17.1 Å². The summed E-state index contributed by atoms with van der Waals surface area (Å²) in [5.41, 5.74) is 2.86. The highest BCUT2D eigenvalue weighted by atomic mass is 35.5. The number of ether oxygens (including phenoxy) is 1. The Balaban J connectivity index is 1.40. The summed E-state index contributed by atoms with van der Waals surface area (Å²) in [6.07, 6.45) is 5.25. The average molecular weight is 468 g/mol. The molecule has 2 heterocycles. The molecule has 1 atom stereocenters. The minimum absolute atomic E-state index is 0.0984. The third-order valence-corrected chi connectivity index (χ3v) is 5.85. The molecule has 0 bridgehead atoms. The molecule has 1 amide bonds. The molecule has 4 rings (SSSR count). The molecule has 4 aromatic rings. The van der Waals surface area contributed by atoms with Crippen molar-refractivity contribution >= 4 is 34.5 Å². The molecule has 0 aliphatic carbocycles. The summed E-state index contributed by atoms with van der Waals surface area (Å²) >= 11 is 7.79. The summed E-state index contributed by atoms with van der Waals surface area (Å²) in [7, 11) is 0. The second kappa shape index (κ2) is 9.84. The number of carbonyl (C=O) groups is 1. The Hall–Kier alpha value is -3.36. The highest BCUT2D eigenvalue weighted by molar-refractivity contribution is 7.15. The van der Waals surface area contributed by atoms with Crippen LogP contribution in [0.2, 0.25) is 5.02 Å². The number of aromatic nitrogens is 3. The van der Waals surface area contributed by atoms with Gasteiger partial charge in [-0.25, -0.2) is 9.97 Å². The maximum absolute atomic E-state index is 11.2. The van der Waals surface area contributed by atoms with E-state index in [1.54, 1.807) is 12.5 Å². The number of carbonyl (C=O) groups excluding carboxylic acids is 1. The Morgan fingerprint density at radius 2 is 2.03 bits per heavy atom. The van der Waals surface area contributed by atoms with E-state index in [0.717, 1.165) is 16.4 Å². The molecule has 7 nitrogen and oxygen atoms in total. The lowest BCUT2D eigenvalue weighted by Gasteiger charge is -2.09. The smallest absolute Gasteiger partial charge is 0.280 e. The Kier molecular flexibility index (Phi) is 6.72. The molecule has 2 aromatic heterocycles. The number of nitrogens with zero attached hydrogens (tertiary/aromatic N) is 3. The van der Waals surface area contributed by atoms with Gasteiger partial charge in [0, 0.05) is 25.4 Å². The van der Waals surface area contributed by atoms with Crippen LogP contribution in [-0.4, -0.2) is 20.4 Å². The molecule has 1 unspecified atom stereocenters. The van der Waals surface area contributed by atoms with Crippen LogP contribution in [0.4, 0.5) is 5.69 Å². The summed E-state index contributed by atoms with van der Waals surface area (Å²) in [5, 5.41) is 7.97. The number of halogens is 1. The third kappa shape index (κ3) is 5.46. The zero-order valence-electron chi connectivity index (χ0n) is 17.6. The summed E-state index contributed by atoms with van der Waals surface area (Å²) < 4.78 is 7.74. The van der Waals surface area contributed by atoms with Crippen LogP contribution < -0.4 is 15.4 Å². The second-order valence-electron chi connectivity index (χ2n) is 7.18. The van der Waals surface area contributed by atoms with Gasteiger partial charge in [-0.2, -0.15) is 0 Å². The molecule has 0 aliphatic rings. The fraction of sp³-hybridized carbons (Fsp3) is 0.174. The quantitative estimate of drug-likeness (QED) is 0.353. The first-order chi connectivity index (χ1) is 15.5. The van der Waals surface area contributed by atoms with Gasteiger partial charge in [0.05, 0.1) is 23.0 Å². The van der Waals surface area contributed by atoms with Crippen molar-refractivity contribution in [2.45, 2.75) is 26.4 Å². The van der Waals surface area contributed by atoms with Crippen molar-refractivity contribution in [3.63, 3.8) is 0 Å². The van der Waals surface area contributed by atoms with Crippen LogP contribution in [0.15, 0.2) is 67.3 Å². The third-order valence-electron chi connectivity index (χ3n) is 4.66. The van der Waals surface area contributed by atoms with E-state index in [2.05, 4.69) is 32.7 Å². The second-order valence-corrected chi connectivity index (χ2v) is 8.56. The number of nitrogens with one attached hydrogen (secondary N) is 2. The standard InChI is InChI=1S/C23H22ClN5O2S/c1-15(28-16(2)30)20-13-29(14-27-20)22-12-26-23(32-22)31-21-9-8-18(10-19(21)24)25-11-17-6-4-3-5-7-17/h3-10,12-15,25H,11H2,1-2H3,(H,28,30). The summed E-state index contributed by atoms with van der Waals surface area (Å²) in [6, 6.07) is 15.5. The van der Waals surface area contributed by atoms with Crippen molar-refractivity contribution in [1.29, 1.82) is 0 Å². The van der Waals surface area contributed by atoms with Gasteiger partial charge in [0.25, 0.3) is 5.19 Å². The first-order valence-corrected chi connectivity index (χ1v) is 11.2. The van der Waals surface area contributed by atoms with Gasteiger partial charge >= 0.3 is 0 Å². The molecule has 0 saturated carbocycles. The number of hydrogen-bond donors (Lipinski definition) is 2. The molecule has 9 heteroatoms. The van der Waals surface area contributed by atoms with Crippen molar-refractivity contribution in [3.05, 3.63) is 83.5 Å². The Labute approximate surface area is 195 Å². The molecular weight excluding hydrogens is 446 g/mol. The van der Waals surface area contributed by atoms with E-state index < -0.39 is 0 Å². The predicted octanol–water partition coefficient (Wildman–Crippen LogP) is 5.58. The van der Waals surface area contributed by atoms with Crippen LogP contribution in [0.5, 0.6) is 10.9 Å². The fourth-order valence-corrected chi connectivity index (χ4v) is 4.01. The van der Waals surface area contributed by atoms with Crippen LogP contribution in [0.25, 0.3) is 5.00 Å². The van der Waals surface area contributed by atoms with Crippen molar-refractivity contribution in [2.24, 2.45) is 0 Å². The number of anilines is 1. The van der Waals surface area contributed by atoms with Gasteiger partial charge in [-0.1, -0.05) is 53.3 Å². The minimum Gasteiger partial charge on any atom is -0.429 e. The van der Waals surface area contributed by atoms with Crippen molar-refractivity contribution in [1.82, 2.24) is 19.9 Å². The van der Waals surface area contributed by atoms with Crippen molar-refractivity contribution < 1.29 is 9.53 Å². The zero-order chi connectivity index (χ0) is 22.5. The Morgan fingerprint density at radius 1 is 1.22 bits per heavy atom. The van der Waals surface area contributed by atoms with E-state index in [0.29, 0.717) is 22.5 Å². The van der Waals surface area contributed by atoms with Gasteiger partial charge in [-0.05, 0) is 30.7 Å². The molecule has 0 saturated heterocycles. The number of benzene rings is 2. The van der Waals surface area contributed by atoms with Gasteiger partial charge in [0.15, 0.2) is 0 Å². The topological polar surface area (TPSA) is 81.1 Å². The molecule has 0 aliphatic heterocycles. The van der Waals surface area contributed by atoms with E-state index in [1.807, 2.05) is 54.1 Å². The summed E-state index contributed by atoms with van der Waals surface area (Å²) in [6.45, 7) is 4.08. The normalized spacial score (nSPS) is 11.7. The highest BCUT2D eigenvalue weighted by Gasteiger charge is 2.13. The van der Waals surface area contributed by atoms with Crippen LogP contribution in [0.1, 0.15) is 31.1 Å². The molecule has 32 heavy (non-hydrogen) atoms.